The van der Waals surface area contributed by atoms with Crippen molar-refractivity contribution in [3.05, 3.63) is 83.9 Å². The molecular weight excluding hydrogens is 430 g/mol. The first-order valence-corrected chi connectivity index (χ1v) is 12.3. The van der Waals surface area contributed by atoms with Crippen LogP contribution in [0.4, 0.5) is 0 Å². The Balaban J connectivity index is 1.36. The Morgan fingerprint density at radius 2 is 1.73 bits per heavy atom. The summed E-state index contributed by atoms with van der Waals surface area (Å²) in [6, 6.07) is 22.6. The summed E-state index contributed by atoms with van der Waals surface area (Å²) >= 11 is 1.53. The number of benzene rings is 3. The largest absolute Gasteiger partial charge is 0.508 e. The van der Waals surface area contributed by atoms with Gasteiger partial charge in [-0.1, -0.05) is 30.3 Å². The maximum absolute atomic E-state index is 13.6. The third kappa shape index (κ3) is 4.80. The van der Waals surface area contributed by atoms with Crippen LogP contribution < -0.4 is 4.74 Å². The van der Waals surface area contributed by atoms with Crippen molar-refractivity contribution in [2.24, 2.45) is 0 Å². The quantitative estimate of drug-likeness (QED) is 0.247. The van der Waals surface area contributed by atoms with Gasteiger partial charge in [-0.05, 0) is 80.4 Å². The molecule has 1 saturated heterocycles. The van der Waals surface area contributed by atoms with Gasteiger partial charge in [-0.3, -0.25) is 4.79 Å². The van der Waals surface area contributed by atoms with Crippen LogP contribution in [0.25, 0.3) is 20.5 Å². The predicted molar refractivity (Wildman–Crippen MR) is 135 cm³/mol. The normalized spacial score (nSPS) is 14.1. The molecule has 0 unspecified atom stereocenters. The molecule has 33 heavy (non-hydrogen) atoms. The molecule has 0 saturated carbocycles. The second kappa shape index (κ2) is 9.77. The lowest BCUT2D eigenvalue weighted by atomic mass is 9.97. The van der Waals surface area contributed by atoms with Crippen LogP contribution in [0.3, 0.4) is 0 Å². The van der Waals surface area contributed by atoms with Crippen molar-refractivity contribution in [1.82, 2.24) is 4.90 Å². The molecule has 4 nitrogen and oxygen atoms in total. The van der Waals surface area contributed by atoms with E-state index in [4.69, 9.17) is 4.74 Å². The highest BCUT2D eigenvalue weighted by molar-refractivity contribution is 7.22. The Morgan fingerprint density at radius 3 is 2.48 bits per heavy atom. The van der Waals surface area contributed by atoms with Gasteiger partial charge in [0.2, 0.25) is 0 Å². The lowest BCUT2D eigenvalue weighted by molar-refractivity contribution is 0.104. The first kappa shape index (κ1) is 21.7. The number of hydrogen-bond acceptors (Lipinski definition) is 5. The minimum atomic E-state index is -0.0219. The zero-order valence-corrected chi connectivity index (χ0v) is 19.3. The van der Waals surface area contributed by atoms with Crippen molar-refractivity contribution >= 4 is 27.2 Å². The lowest BCUT2D eigenvalue weighted by Crippen LogP contribution is -2.21. The molecule has 1 aliphatic rings. The van der Waals surface area contributed by atoms with E-state index in [9.17, 15) is 9.90 Å². The molecule has 0 atom stereocenters. The standard InChI is InChI=1S/C28H27NO3S/c30-22-11-14-24-25(19-22)33-28(21-7-2-1-3-8-21)26(24)27(31)20-9-12-23(13-10-20)32-18-6-17-29-15-4-5-16-29/h1-3,7-14,19,30H,4-6,15-18H2. The third-order valence-corrected chi connectivity index (χ3v) is 7.34. The molecule has 0 radical (unpaired) electrons. The van der Waals surface area contributed by atoms with Crippen molar-refractivity contribution in [1.29, 1.82) is 0 Å². The van der Waals surface area contributed by atoms with Crippen LogP contribution in [0.15, 0.2) is 72.8 Å². The van der Waals surface area contributed by atoms with Gasteiger partial charge in [0.05, 0.1) is 6.61 Å². The first-order chi connectivity index (χ1) is 16.2. The molecule has 5 rings (SSSR count). The molecule has 1 aliphatic heterocycles. The molecule has 3 aromatic carbocycles. The number of carbonyl (C=O) groups excluding carboxylic acids is 1. The maximum Gasteiger partial charge on any atom is 0.195 e. The van der Waals surface area contributed by atoms with Gasteiger partial charge >= 0.3 is 0 Å². The fraction of sp³-hybridized carbons (Fsp3) is 0.250. The molecule has 5 heteroatoms. The SMILES string of the molecule is O=C(c1ccc(OCCCN2CCCC2)cc1)c1c(-c2ccccc2)sc2cc(O)ccc12. The van der Waals surface area contributed by atoms with E-state index in [1.165, 1.54) is 37.3 Å². The molecular formula is C28H27NO3S. The van der Waals surface area contributed by atoms with E-state index < -0.39 is 0 Å². The number of ketones is 1. The summed E-state index contributed by atoms with van der Waals surface area (Å²) in [5.74, 6) is 0.969. The molecule has 0 spiro atoms. The molecule has 0 aliphatic carbocycles. The molecule has 4 aromatic rings. The average molecular weight is 458 g/mol. The van der Waals surface area contributed by atoms with Crippen LogP contribution in [0.5, 0.6) is 11.5 Å². The van der Waals surface area contributed by atoms with Crippen LogP contribution in [-0.4, -0.2) is 42.0 Å². The number of carbonyl (C=O) groups is 1. The highest BCUT2D eigenvalue weighted by Crippen LogP contribution is 2.41. The number of fused-ring (bicyclic) bond motifs is 1. The summed E-state index contributed by atoms with van der Waals surface area (Å²) in [6.45, 7) is 4.18. The number of hydrogen-bond donors (Lipinski definition) is 1. The Hall–Kier alpha value is -3.15. The number of phenolic OH excluding ortho intramolecular Hbond substituents is 1. The fourth-order valence-electron chi connectivity index (χ4n) is 4.43. The topological polar surface area (TPSA) is 49.8 Å². The number of phenols is 1. The first-order valence-electron chi connectivity index (χ1n) is 11.5. The highest BCUT2D eigenvalue weighted by Gasteiger charge is 2.22. The Labute approximate surface area is 198 Å². The number of likely N-dealkylation sites (tertiary alicyclic amines) is 1. The van der Waals surface area contributed by atoms with Gasteiger partial charge in [-0.2, -0.15) is 0 Å². The molecule has 0 amide bonds. The Morgan fingerprint density at radius 1 is 0.970 bits per heavy atom. The number of thiophene rings is 1. The van der Waals surface area contributed by atoms with Crippen LogP contribution in [0, 0.1) is 0 Å². The monoisotopic (exact) mass is 457 g/mol. The summed E-state index contributed by atoms with van der Waals surface area (Å²) in [5, 5.41) is 10.8. The molecule has 2 heterocycles. The van der Waals surface area contributed by atoms with Crippen LogP contribution >= 0.6 is 11.3 Å². The van der Waals surface area contributed by atoms with Crippen molar-refractivity contribution < 1.29 is 14.6 Å². The highest BCUT2D eigenvalue weighted by atomic mass is 32.1. The van der Waals surface area contributed by atoms with Gasteiger partial charge in [-0.15, -0.1) is 11.3 Å². The van der Waals surface area contributed by atoms with Crippen molar-refractivity contribution in [2.75, 3.05) is 26.2 Å². The van der Waals surface area contributed by atoms with Gasteiger partial charge in [0.15, 0.2) is 5.78 Å². The van der Waals surface area contributed by atoms with Gasteiger partial charge in [0.25, 0.3) is 0 Å². The van der Waals surface area contributed by atoms with Crippen molar-refractivity contribution in [3.63, 3.8) is 0 Å². The average Bonchev–Trinajstić information content (AvgIpc) is 3.50. The second-order valence-electron chi connectivity index (χ2n) is 8.46. The minimum Gasteiger partial charge on any atom is -0.508 e. The molecule has 1 aromatic heterocycles. The Bertz CT molecular complexity index is 1240. The van der Waals surface area contributed by atoms with Gasteiger partial charge in [0, 0.05) is 32.6 Å². The van der Waals surface area contributed by atoms with E-state index in [1.807, 2.05) is 60.7 Å². The summed E-state index contributed by atoms with van der Waals surface area (Å²) in [5.41, 5.74) is 2.31. The van der Waals surface area contributed by atoms with E-state index in [1.54, 1.807) is 12.1 Å². The van der Waals surface area contributed by atoms with E-state index in [0.29, 0.717) is 17.7 Å². The van der Waals surface area contributed by atoms with Crippen molar-refractivity contribution in [3.8, 4) is 21.9 Å². The van der Waals surface area contributed by atoms with Crippen LogP contribution in [-0.2, 0) is 0 Å². The smallest absolute Gasteiger partial charge is 0.195 e. The minimum absolute atomic E-state index is 0.0219. The fourth-order valence-corrected chi connectivity index (χ4v) is 5.67. The number of aromatic hydroxyl groups is 1. The van der Waals surface area contributed by atoms with Crippen LogP contribution in [0.2, 0.25) is 0 Å². The van der Waals surface area contributed by atoms with Gasteiger partial charge in [0.1, 0.15) is 11.5 Å². The number of ether oxygens (including phenoxy) is 1. The second-order valence-corrected chi connectivity index (χ2v) is 9.51. The molecule has 1 N–H and O–H groups in total. The summed E-state index contributed by atoms with van der Waals surface area (Å²) < 4.78 is 6.80. The predicted octanol–water partition coefficient (Wildman–Crippen LogP) is 6.37. The summed E-state index contributed by atoms with van der Waals surface area (Å²) in [7, 11) is 0. The third-order valence-electron chi connectivity index (χ3n) is 6.14. The molecule has 1 fully saturated rings. The van der Waals surface area contributed by atoms with E-state index in [-0.39, 0.29) is 11.5 Å². The van der Waals surface area contributed by atoms with Gasteiger partial charge in [-0.25, -0.2) is 0 Å². The van der Waals surface area contributed by atoms with E-state index in [0.717, 1.165) is 39.2 Å². The molecule has 168 valence electrons. The molecule has 0 bridgehead atoms. The van der Waals surface area contributed by atoms with Crippen LogP contribution in [0.1, 0.15) is 35.2 Å². The van der Waals surface area contributed by atoms with E-state index in [2.05, 4.69) is 4.90 Å². The zero-order chi connectivity index (χ0) is 22.6. The van der Waals surface area contributed by atoms with Gasteiger partial charge < -0.3 is 14.7 Å². The Kier molecular flexibility index (Phi) is 6.42. The van der Waals surface area contributed by atoms with Crippen molar-refractivity contribution in [2.45, 2.75) is 19.3 Å². The summed E-state index contributed by atoms with van der Waals surface area (Å²) in [4.78, 5) is 17.0. The summed E-state index contributed by atoms with van der Waals surface area (Å²) in [6.07, 6.45) is 3.63. The van der Waals surface area contributed by atoms with E-state index >= 15 is 0 Å². The number of nitrogens with zero attached hydrogens (tertiary/aromatic N) is 1. The maximum atomic E-state index is 13.6. The number of rotatable bonds is 8. The lowest BCUT2D eigenvalue weighted by Gasteiger charge is -2.14. The zero-order valence-electron chi connectivity index (χ0n) is 18.5.